The van der Waals surface area contributed by atoms with Crippen LogP contribution in [-0.2, 0) is 35.4 Å². The zero-order chi connectivity index (χ0) is 24.8. The number of hydrogen-bond acceptors (Lipinski definition) is 3. The first-order valence-corrected chi connectivity index (χ1v) is 11.8. The smallest absolute Gasteiger partial charge is 0.356 e. The second-order valence-electron chi connectivity index (χ2n) is 9.75. The highest BCUT2D eigenvalue weighted by Crippen LogP contribution is 2.41. The molecule has 2 N–H and O–H groups in total. The lowest BCUT2D eigenvalue weighted by atomic mass is 9.70. The molecule has 1 aliphatic carbocycles. The molecule has 0 aromatic heterocycles. The lowest BCUT2D eigenvalue weighted by Gasteiger charge is -2.32. The molecule has 2 aromatic carbocycles. The third-order valence-electron chi connectivity index (χ3n) is 7.43. The average Bonchev–Trinajstić information content (AvgIpc) is 3.10. The van der Waals surface area contributed by atoms with Crippen LogP contribution in [0.3, 0.4) is 0 Å². The lowest BCUT2D eigenvalue weighted by molar-refractivity contribution is -0.163. The van der Waals surface area contributed by atoms with E-state index >= 15 is 0 Å². The van der Waals surface area contributed by atoms with Gasteiger partial charge in [0.25, 0.3) is 5.91 Å². The number of carbonyl (C=O) groups is 3. The Morgan fingerprint density at radius 3 is 2.54 bits per heavy atom. The van der Waals surface area contributed by atoms with E-state index in [1.54, 1.807) is 36.4 Å². The van der Waals surface area contributed by atoms with Gasteiger partial charge in [0.15, 0.2) is 0 Å². The highest BCUT2D eigenvalue weighted by atomic mass is 19.4. The summed E-state index contributed by atoms with van der Waals surface area (Å²) in [4.78, 5) is 39.2. The maximum Gasteiger partial charge on any atom is 0.406 e. The van der Waals surface area contributed by atoms with Gasteiger partial charge in [-0.2, -0.15) is 13.2 Å². The first-order valence-electron chi connectivity index (χ1n) is 11.8. The highest BCUT2D eigenvalue weighted by Gasteiger charge is 2.44. The van der Waals surface area contributed by atoms with Crippen molar-refractivity contribution in [3.8, 4) is 0 Å². The number of amides is 3. The summed E-state index contributed by atoms with van der Waals surface area (Å²) in [7, 11) is 0. The number of nitrogens with zero attached hydrogens (tertiary/aromatic N) is 1. The first kappa shape index (κ1) is 23.4. The zero-order valence-corrected chi connectivity index (χ0v) is 19.1. The van der Waals surface area contributed by atoms with Crippen molar-refractivity contribution in [2.24, 2.45) is 5.41 Å². The van der Waals surface area contributed by atoms with E-state index in [2.05, 4.69) is 10.6 Å². The summed E-state index contributed by atoms with van der Waals surface area (Å²) < 4.78 is 39.5. The normalized spacial score (nSPS) is 24.0. The SMILES string of the molecule is O=C(NC1Cc2ccccc2CN(CC(F)(F)F)C1=O)c1ccc2c(c1)CCC1(CCNC1=O)C2. The number of benzene rings is 2. The second kappa shape index (κ2) is 8.70. The number of alkyl halides is 3. The largest absolute Gasteiger partial charge is 0.406 e. The molecule has 1 fully saturated rings. The fraction of sp³-hybridized carbons (Fsp3) is 0.423. The van der Waals surface area contributed by atoms with Crippen molar-refractivity contribution >= 4 is 17.7 Å². The van der Waals surface area contributed by atoms with Crippen LogP contribution in [0, 0.1) is 5.41 Å². The molecular weight excluding hydrogens is 459 g/mol. The van der Waals surface area contributed by atoms with E-state index in [1.807, 2.05) is 6.07 Å². The highest BCUT2D eigenvalue weighted by molar-refractivity contribution is 5.98. The topological polar surface area (TPSA) is 78.5 Å². The van der Waals surface area contributed by atoms with Crippen molar-refractivity contribution in [1.29, 1.82) is 0 Å². The molecule has 0 saturated carbocycles. The molecule has 0 radical (unpaired) electrons. The molecule has 3 amide bonds. The second-order valence-corrected chi connectivity index (χ2v) is 9.75. The lowest BCUT2D eigenvalue weighted by Crippen LogP contribution is -2.50. The Hall–Kier alpha value is -3.36. The van der Waals surface area contributed by atoms with Crippen molar-refractivity contribution in [2.75, 3.05) is 13.1 Å². The summed E-state index contributed by atoms with van der Waals surface area (Å²) in [5.74, 6) is -1.17. The summed E-state index contributed by atoms with van der Waals surface area (Å²) in [5.41, 5.74) is 3.36. The molecule has 6 nitrogen and oxygen atoms in total. The molecule has 35 heavy (non-hydrogen) atoms. The van der Waals surface area contributed by atoms with E-state index in [0.29, 0.717) is 36.9 Å². The molecule has 3 aliphatic rings. The maximum absolute atomic E-state index is 13.2. The van der Waals surface area contributed by atoms with Crippen LogP contribution >= 0.6 is 0 Å². The predicted octanol–water partition coefficient (Wildman–Crippen LogP) is 2.93. The minimum atomic E-state index is -4.55. The van der Waals surface area contributed by atoms with Gasteiger partial charge in [-0.3, -0.25) is 14.4 Å². The number of rotatable bonds is 3. The van der Waals surface area contributed by atoms with Crippen LogP contribution in [0.4, 0.5) is 13.2 Å². The van der Waals surface area contributed by atoms with Gasteiger partial charge in [0.05, 0.1) is 5.41 Å². The maximum atomic E-state index is 13.2. The average molecular weight is 486 g/mol. The van der Waals surface area contributed by atoms with Gasteiger partial charge in [0, 0.05) is 25.1 Å². The van der Waals surface area contributed by atoms with E-state index in [-0.39, 0.29) is 24.3 Å². The molecular formula is C26H26F3N3O3. The van der Waals surface area contributed by atoms with Crippen molar-refractivity contribution < 1.29 is 27.6 Å². The van der Waals surface area contributed by atoms with Crippen molar-refractivity contribution in [3.05, 3.63) is 70.3 Å². The third kappa shape index (κ3) is 4.63. The fourth-order valence-electron chi connectivity index (χ4n) is 5.55. The van der Waals surface area contributed by atoms with Gasteiger partial charge in [0.2, 0.25) is 11.8 Å². The summed E-state index contributed by atoms with van der Waals surface area (Å²) in [6.45, 7) is -0.853. The van der Waals surface area contributed by atoms with E-state index in [0.717, 1.165) is 28.0 Å². The monoisotopic (exact) mass is 485 g/mol. The van der Waals surface area contributed by atoms with E-state index in [4.69, 9.17) is 0 Å². The minimum Gasteiger partial charge on any atom is -0.356 e. The van der Waals surface area contributed by atoms with Gasteiger partial charge in [-0.1, -0.05) is 30.3 Å². The Balaban J connectivity index is 1.36. The van der Waals surface area contributed by atoms with Gasteiger partial charge < -0.3 is 15.5 Å². The Kier molecular flexibility index (Phi) is 5.81. The number of halogens is 3. The molecule has 184 valence electrons. The van der Waals surface area contributed by atoms with Crippen LogP contribution in [0.5, 0.6) is 0 Å². The molecule has 5 rings (SSSR count). The molecule has 2 heterocycles. The number of hydrogen-bond donors (Lipinski definition) is 2. The number of nitrogens with one attached hydrogen (secondary N) is 2. The molecule has 2 atom stereocenters. The molecule has 1 saturated heterocycles. The van der Waals surface area contributed by atoms with Crippen LogP contribution in [0.25, 0.3) is 0 Å². The minimum absolute atomic E-state index is 0.0838. The van der Waals surface area contributed by atoms with E-state index in [1.165, 1.54) is 0 Å². The van der Waals surface area contributed by atoms with Gasteiger partial charge in [0.1, 0.15) is 12.6 Å². The Morgan fingerprint density at radius 2 is 1.83 bits per heavy atom. The first-order chi connectivity index (χ1) is 16.6. The predicted molar refractivity (Wildman–Crippen MR) is 121 cm³/mol. The fourth-order valence-corrected chi connectivity index (χ4v) is 5.55. The molecule has 0 bridgehead atoms. The molecule has 2 aliphatic heterocycles. The Bertz CT molecular complexity index is 1200. The Labute approximate surface area is 200 Å². The summed E-state index contributed by atoms with van der Waals surface area (Å²) in [6.07, 6.45) is -1.62. The molecule has 2 aromatic rings. The quantitative estimate of drug-likeness (QED) is 0.702. The zero-order valence-electron chi connectivity index (χ0n) is 19.1. The van der Waals surface area contributed by atoms with Crippen LogP contribution in [0.15, 0.2) is 42.5 Å². The molecule has 1 spiro atoms. The summed E-state index contributed by atoms with van der Waals surface area (Å²) >= 11 is 0. The summed E-state index contributed by atoms with van der Waals surface area (Å²) in [6, 6.07) is 11.1. The van der Waals surface area contributed by atoms with Crippen LogP contribution < -0.4 is 10.6 Å². The number of aryl methyl sites for hydroxylation is 1. The number of fused-ring (bicyclic) bond motifs is 2. The van der Waals surface area contributed by atoms with Gasteiger partial charge >= 0.3 is 6.18 Å². The van der Waals surface area contributed by atoms with Gasteiger partial charge in [-0.15, -0.1) is 0 Å². The van der Waals surface area contributed by atoms with Gasteiger partial charge in [-0.25, -0.2) is 0 Å². The van der Waals surface area contributed by atoms with Crippen molar-refractivity contribution in [3.63, 3.8) is 0 Å². The van der Waals surface area contributed by atoms with Crippen molar-refractivity contribution in [2.45, 2.75) is 50.9 Å². The number of carbonyl (C=O) groups excluding carboxylic acids is 3. The molecule has 9 heteroatoms. The van der Waals surface area contributed by atoms with Crippen LogP contribution in [0.2, 0.25) is 0 Å². The third-order valence-corrected chi connectivity index (χ3v) is 7.43. The van der Waals surface area contributed by atoms with Crippen molar-refractivity contribution in [1.82, 2.24) is 15.5 Å². The van der Waals surface area contributed by atoms with Crippen LogP contribution in [-0.4, -0.2) is 47.9 Å². The van der Waals surface area contributed by atoms with Crippen LogP contribution in [0.1, 0.15) is 45.5 Å². The summed E-state index contributed by atoms with van der Waals surface area (Å²) in [5, 5.41) is 5.59. The van der Waals surface area contributed by atoms with E-state index < -0.39 is 30.6 Å². The molecule has 2 unspecified atom stereocenters. The van der Waals surface area contributed by atoms with E-state index in [9.17, 15) is 27.6 Å². The van der Waals surface area contributed by atoms with Gasteiger partial charge in [-0.05, 0) is 60.1 Å². The Morgan fingerprint density at radius 1 is 1.06 bits per heavy atom. The standard InChI is InChI=1S/C26H26F3N3O3/c27-26(28,29)15-32-14-20-4-2-1-3-16(20)12-21(23(32)34)31-22(33)18-5-6-19-13-25(8-7-17(19)11-18)9-10-30-24(25)35/h1-6,11,21H,7-10,12-15H2,(H,30,35)(H,31,33).